The van der Waals surface area contributed by atoms with Gasteiger partial charge in [-0.1, -0.05) is 158 Å². The zero-order chi connectivity index (χ0) is 37.0. The molecule has 0 radical (unpaired) electrons. The van der Waals surface area contributed by atoms with Gasteiger partial charge in [-0.05, 0) is 48.0 Å². The molecule has 0 aliphatic carbocycles. The van der Waals surface area contributed by atoms with Crippen molar-refractivity contribution >= 4 is 43.6 Å². The highest BCUT2D eigenvalue weighted by Gasteiger charge is 2.22. The molecule has 3 aromatic heterocycles. The lowest BCUT2D eigenvalue weighted by Crippen LogP contribution is -2.02. The molecular weight excluding hydrogens is 683 g/mol. The van der Waals surface area contributed by atoms with E-state index >= 15 is 0 Å². The Balaban J connectivity index is 1.15. The average molecular weight is 716 g/mol. The standard InChI is InChI=1S/C51H33N5/c1-4-16-35(17-5-1)49-52-50(36-18-6-2-7-19-36)54-51(53-49)44-27-15-26-43-42-25-14-24-39(47(42)56(48(43)44)37-20-8-3-9-21-37)34-30-32-38(33-31-34)55-45-28-12-10-22-40(45)41-23-11-13-29-46(41)55/h1-33H. The first-order valence-electron chi connectivity index (χ1n) is 18.9. The molecule has 0 saturated heterocycles. The molecule has 3 heterocycles. The van der Waals surface area contributed by atoms with Crippen molar-refractivity contribution < 1.29 is 0 Å². The first kappa shape index (κ1) is 31.9. The smallest absolute Gasteiger partial charge is 0.166 e. The molecule has 0 unspecified atom stereocenters. The summed E-state index contributed by atoms with van der Waals surface area (Å²) in [6, 6.07) is 70.3. The fraction of sp³-hybridized carbons (Fsp3) is 0. The Hall–Kier alpha value is -7.63. The molecule has 0 aliphatic heterocycles. The molecule has 0 aliphatic rings. The van der Waals surface area contributed by atoms with Gasteiger partial charge in [0.1, 0.15) is 0 Å². The van der Waals surface area contributed by atoms with Gasteiger partial charge in [0.05, 0.1) is 22.1 Å². The van der Waals surface area contributed by atoms with E-state index in [1.807, 2.05) is 60.7 Å². The van der Waals surface area contributed by atoms with Crippen molar-refractivity contribution in [1.29, 1.82) is 0 Å². The minimum atomic E-state index is 0.625. The zero-order valence-electron chi connectivity index (χ0n) is 30.3. The molecule has 0 bridgehead atoms. The van der Waals surface area contributed by atoms with Crippen LogP contribution in [0.3, 0.4) is 0 Å². The predicted octanol–water partition coefficient (Wildman–Crippen LogP) is 12.7. The van der Waals surface area contributed by atoms with Gasteiger partial charge in [-0.15, -0.1) is 0 Å². The maximum absolute atomic E-state index is 5.17. The first-order chi connectivity index (χ1) is 27.8. The Bertz CT molecular complexity index is 3110. The van der Waals surface area contributed by atoms with E-state index in [0.29, 0.717) is 17.5 Å². The van der Waals surface area contributed by atoms with Crippen molar-refractivity contribution in [2.45, 2.75) is 0 Å². The normalized spacial score (nSPS) is 11.6. The van der Waals surface area contributed by atoms with Crippen molar-refractivity contribution in [1.82, 2.24) is 24.1 Å². The SMILES string of the molecule is c1ccc(-c2nc(-c3ccccc3)nc(-c3cccc4c5cccc(-c6ccc(-n7c8ccccc8c8ccccc87)cc6)c5n(-c5ccccc5)c34)n2)cc1. The van der Waals surface area contributed by atoms with Crippen molar-refractivity contribution in [3.63, 3.8) is 0 Å². The summed E-state index contributed by atoms with van der Waals surface area (Å²) in [6.07, 6.45) is 0. The van der Waals surface area contributed by atoms with Gasteiger partial charge >= 0.3 is 0 Å². The number of hydrogen-bond donors (Lipinski definition) is 0. The van der Waals surface area contributed by atoms with Crippen LogP contribution < -0.4 is 0 Å². The maximum Gasteiger partial charge on any atom is 0.166 e. The monoisotopic (exact) mass is 715 g/mol. The van der Waals surface area contributed by atoms with E-state index in [0.717, 1.165) is 61.0 Å². The van der Waals surface area contributed by atoms with E-state index in [-0.39, 0.29) is 0 Å². The highest BCUT2D eigenvalue weighted by molar-refractivity contribution is 6.17. The first-order valence-corrected chi connectivity index (χ1v) is 18.9. The summed E-state index contributed by atoms with van der Waals surface area (Å²) >= 11 is 0. The van der Waals surface area contributed by atoms with Gasteiger partial charge in [-0.2, -0.15) is 0 Å². The minimum absolute atomic E-state index is 0.625. The van der Waals surface area contributed by atoms with E-state index in [9.17, 15) is 0 Å². The summed E-state index contributed by atoms with van der Waals surface area (Å²) in [4.78, 5) is 15.3. The number of benzene rings is 8. The number of aromatic nitrogens is 5. The Morgan fingerprint density at radius 2 is 0.696 bits per heavy atom. The van der Waals surface area contributed by atoms with Crippen LogP contribution in [0.25, 0.3) is 100 Å². The van der Waals surface area contributed by atoms with Crippen molar-refractivity contribution in [3.8, 4) is 56.7 Å². The molecule has 262 valence electrons. The molecule has 0 saturated carbocycles. The molecule has 5 heteroatoms. The molecule has 56 heavy (non-hydrogen) atoms. The van der Waals surface area contributed by atoms with E-state index in [1.165, 1.54) is 21.8 Å². The fourth-order valence-electron chi connectivity index (χ4n) is 8.28. The topological polar surface area (TPSA) is 48.5 Å². The number of fused-ring (bicyclic) bond motifs is 6. The molecular formula is C51H33N5. The van der Waals surface area contributed by atoms with Crippen molar-refractivity contribution in [3.05, 3.63) is 200 Å². The number of hydrogen-bond acceptors (Lipinski definition) is 3. The lowest BCUT2D eigenvalue weighted by atomic mass is 10.0. The minimum Gasteiger partial charge on any atom is -0.309 e. The van der Waals surface area contributed by atoms with Crippen LogP contribution in [0.2, 0.25) is 0 Å². The predicted molar refractivity (Wildman–Crippen MR) is 230 cm³/mol. The zero-order valence-corrected chi connectivity index (χ0v) is 30.3. The summed E-state index contributed by atoms with van der Waals surface area (Å²) in [6.45, 7) is 0. The number of para-hydroxylation sites is 5. The van der Waals surface area contributed by atoms with Gasteiger partial charge in [-0.3, -0.25) is 0 Å². The fourth-order valence-corrected chi connectivity index (χ4v) is 8.28. The van der Waals surface area contributed by atoms with E-state index < -0.39 is 0 Å². The average Bonchev–Trinajstić information content (AvgIpc) is 3.81. The summed E-state index contributed by atoms with van der Waals surface area (Å²) in [5, 5.41) is 4.80. The van der Waals surface area contributed by atoms with Gasteiger partial charge in [0.25, 0.3) is 0 Å². The summed E-state index contributed by atoms with van der Waals surface area (Å²) < 4.78 is 4.76. The van der Waals surface area contributed by atoms with Gasteiger partial charge in [-0.25, -0.2) is 15.0 Å². The summed E-state index contributed by atoms with van der Waals surface area (Å²) in [5.41, 5.74) is 11.9. The third-order valence-electron chi connectivity index (χ3n) is 10.8. The molecule has 11 rings (SSSR count). The van der Waals surface area contributed by atoms with Crippen LogP contribution >= 0.6 is 0 Å². The summed E-state index contributed by atoms with van der Waals surface area (Å²) in [7, 11) is 0. The van der Waals surface area contributed by atoms with Crippen LogP contribution in [0.1, 0.15) is 0 Å². The lowest BCUT2D eigenvalue weighted by Gasteiger charge is -2.14. The third-order valence-corrected chi connectivity index (χ3v) is 10.8. The highest BCUT2D eigenvalue weighted by atomic mass is 15.0. The molecule has 0 atom stereocenters. The highest BCUT2D eigenvalue weighted by Crippen LogP contribution is 2.42. The second kappa shape index (κ2) is 13.0. The third kappa shape index (κ3) is 5.13. The van der Waals surface area contributed by atoms with Crippen LogP contribution in [0, 0.1) is 0 Å². The molecule has 8 aromatic carbocycles. The molecule has 0 fully saturated rings. The van der Waals surface area contributed by atoms with E-state index in [4.69, 9.17) is 15.0 Å². The van der Waals surface area contributed by atoms with Crippen LogP contribution in [-0.4, -0.2) is 24.1 Å². The van der Waals surface area contributed by atoms with Gasteiger partial charge in [0.15, 0.2) is 17.5 Å². The Kier molecular flexibility index (Phi) is 7.42. The van der Waals surface area contributed by atoms with Crippen LogP contribution in [0.4, 0.5) is 0 Å². The van der Waals surface area contributed by atoms with Crippen LogP contribution in [0.15, 0.2) is 200 Å². The Morgan fingerprint density at radius 3 is 1.27 bits per heavy atom. The van der Waals surface area contributed by atoms with Gasteiger partial charge in [0.2, 0.25) is 0 Å². The molecule has 11 aromatic rings. The largest absolute Gasteiger partial charge is 0.309 e. The quantitative estimate of drug-likeness (QED) is 0.172. The molecule has 0 spiro atoms. The molecule has 0 amide bonds. The van der Waals surface area contributed by atoms with E-state index in [2.05, 4.69) is 149 Å². The van der Waals surface area contributed by atoms with Gasteiger partial charge < -0.3 is 9.13 Å². The molecule has 5 nitrogen and oxygen atoms in total. The Labute approximate surface area is 323 Å². The van der Waals surface area contributed by atoms with Gasteiger partial charge in [0, 0.05) is 55.2 Å². The van der Waals surface area contributed by atoms with Crippen LogP contribution in [-0.2, 0) is 0 Å². The molecule has 0 N–H and O–H groups in total. The lowest BCUT2D eigenvalue weighted by molar-refractivity contribution is 1.07. The second-order valence-electron chi connectivity index (χ2n) is 14.0. The van der Waals surface area contributed by atoms with Crippen molar-refractivity contribution in [2.24, 2.45) is 0 Å². The van der Waals surface area contributed by atoms with Crippen LogP contribution in [0.5, 0.6) is 0 Å². The Morgan fingerprint density at radius 1 is 0.268 bits per heavy atom. The number of rotatable bonds is 6. The number of nitrogens with zero attached hydrogens (tertiary/aromatic N) is 5. The second-order valence-corrected chi connectivity index (χ2v) is 14.0. The van der Waals surface area contributed by atoms with Crippen molar-refractivity contribution in [2.75, 3.05) is 0 Å². The maximum atomic E-state index is 5.17. The van der Waals surface area contributed by atoms with E-state index in [1.54, 1.807) is 0 Å². The summed E-state index contributed by atoms with van der Waals surface area (Å²) in [5.74, 6) is 1.90.